The molecule has 0 radical (unpaired) electrons. The molecule has 0 atom stereocenters. The molecule has 0 unspecified atom stereocenters. The van der Waals surface area contributed by atoms with Gasteiger partial charge in [0.2, 0.25) is 0 Å². The third-order valence-electron chi connectivity index (χ3n) is 3.33. The highest BCUT2D eigenvalue weighted by atomic mass is 16.7. The second kappa shape index (κ2) is 5.65. The number of hydrogen-bond acceptors (Lipinski definition) is 4. The van der Waals surface area contributed by atoms with Crippen LogP contribution in [0.1, 0.15) is 39.0 Å². The first-order chi connectivity index (χ1) is 8.24. The predicted octanol–water partition coefficient (Wildman–Crippen LogP) is 2.18. The summed E-state index contributed by atoms with van der Waals surface area (Å²) in [6.45, 7) is 3.70. The van der Waals surface area contributed by atoms with Crippen molar-refractivity contribution in [3.05, 3.63) is 11.6 Å². The maximum atomic E-state index is 11.2. The summed E-state index contributed by atoms with van der Waals surface area (Å²) in [5.41, 5.74) is 1.32. The molecule has 17 heavy (non-hydrogen) atoms. The monoisotopic (exact) mass is 240 g/mol. The Balaban J connectivity index is 1.78. The Bertz CT molecular complexity index is 291. The molecule has 1 heterocycles. The lowest BCUT2D eigenvalue weighted by Crippen LogP contribution is -2.33. The van der Waals surface area contributed by atoms with Crippen molar-refractivity contribution in [3.8, 4) is 0 Å². The van der Waals surface area contributed by atoms with Gasteiger partial charge in [0.1, 0.15) is 0 Å². The van der Waals surface area contributed by atoms with Crippen LogP contribution in [-0.4, -0.2) is 31.6 Å². The lowest BCUT2D eigenvalue weighted by Gasteiger charge is -2.32. The molecule has 2 rings (SSSR count). The van der Waals surface area contributed by atoms with E-state index in [2.05, 4.69) is 0 Å². The van der Waals surface area contributed by atoms with Crippen LogP contribution in [0.3, 0.4) is 0 Å². The van der Waals surface area contributed by atoms with E-state index in [0.29, 0.717) is 26.2 Å². The fourth-order valence-corrected chi connectivity index (χ4v) is 2.39. The van der Waals surface area contributed by atoms with Gasteiger partial charge in [-0.3, -0.25) is 4.79 Å². The molecule has 0 bridgehead atoms. The van der Waals surface area contributed by atoms with E-state index in [1.54, 1.807) is 0 Å². The number of esters is 1. The molecule has 96 valence electrons. The van der Waals surface area contributed by atoms with E-state index in [1.807, 2.05) is 13.0 Å². The van der Waals surface area contributed by atoms with Crippen LogP contribution in [0.2, 0.25) is 0 Å². The van der Waals surface area contributed by atoms with Crippen LogP contribution in [0.4, 0.5) is 0 Å². The van der Waals surface area contributed by atoms with Crippen molar-refractivity contribution in [2.24, 2.45) is 0 Å². The Labute approximate surface area is 102 Å². The van der Waals surface area contributed by atoms with Gasteiger partial charge in [-0.15, -0.1) is 0 Å². The summed E-state index contributed by atoms with van der Waals surface area (Å²) >= 11 is 0. The molecule has 1 aliphatic carbocycles. The van der Waals surface area contributed by atoms with Crippen LogP contribution < -0.4 is 0 Å². The summed E-state index contributed by atoms with van der Waals surface area (Å²) in [6, 6.07) is 0. The normalized spacial score (nSPS) is 22.8. The lowest BCUT2D eigenvalue weighted by molar-refractivity contribution is -0.171. The Morgan fingerprint density at radius 2 is 2.00 bits per heavy atom. The van der Waals surface area contributed by atoms with Gasteiger partial charge in [-0.25, -0.2) is 0 Å². The zero-order valence-electron chi connectivity index (χ0n) is 10.4. The highest BCUT2D eigenvalue weighted by Gasteiger charge is 2.38. The van der Waals surface area contributed by atoms with Crippen LogP contribution in [0.5, 0.6) is 0 Å². The van der Waals surface area contributed by atoms with Gasteiger partial charge in [0.05, 0.1) is 26.2 Å². The van der Waals surface area contributed by atoms with E-state index in [4.69, 9.17) is 14.2 Å². The Hall–Kier alpha value is -0.870. The maximum Gasteiger partial charge on any atom is 0.309 e. The molecule has 0 aromatic rings. The summed E-state index contributed by atoms with van der Waals surface area (Å²) < 4.78 is 16.2. The first-order valence-electron chi connectivity index (χ1n) is 6.35. The Morgan fingerprint density at radius 1 is 1.35 bits per heavy atom. The average molecular weight is 240 g/mol. The molecule has 1 spiro atoms. The third kappa shape index (κ3) is 3.30. The topological polar surface area (TPSA) is 44.8 Å². The molecule has 0 amide bonds. The molecular weight excluding hydrogens is 220 g/mol. The van der Waals surface area contributed by atoms with E-state index in [9.17, 15) is 4.79 Å². The zero-order valence-corrected chi connectivity index (χ0v) is 10.4. The SMILES string of the molecule is CCOC(=O)CC=C1CCC2(CC1)OCCO2. The number of carbonyl (C=O) groups excluding carboxylic acids is 1. The number of hydrogen-bond donors (Lipinski definition) is 0. The van der Waals surface area contributed by atoms with Crippen molar-refractivity contribution in [2.45, 2.75) is 44.8 Å². The highest BCUT2D eigenvalue weighted by molar-refractivity contribution is 5.71. The molecule has 1 saturated carbocycles. The minimum Gasteiger partial charge on any atom is -0.466 e. The first-order valence-corrected chi connectivity index (χ1v) is 6.35. The van der Waals surface area contributed by atoms with Gasteiger partial charge in [0, 0.05) is 12.8 Å². The van der Waals surface area contributed by atoms with Gasteiger partial charge >= 0.3 is 5.97 Å². The summed E-state index contributed by atoms with van der Waals surface area (Å²) in [5.74, 6) is -0.463. The molecule has 1 aliphatic heterocycles. The Morgan fingerprint density at radius 3 is 2.59 bits per heavy atom. The van der Waals surface area contributed by atoms with Gasteiger partial charge in [-0.05, 0) is 19.8 Å². The molecule has 1 saturated heterocycles. The lowest BCUT2D eigenvalue weighted by atomic mass is 9.89. The minimum absolute atomic E-state index is 0.145. The molecule has 4 nitrogen and oxygen atoms in total. The van der Waals surface area contributed by atoms with Crippen molar-refractivity contribution in [3.63, 3.8) is 0 Å². The molecule has 0 aromatic heterocycles. The summed E-state index contributed by atoms with van der Waals surface area (Å²) in [4.78, 5) is 11.2. The van der Waals surface area contributed by atoms with Gasteiger partial charge in [0.15, 0.2) is 5.79 Å². The molecule has 2 aliphatic rings. The van der Waals surface area contributed by atoms with E-state index < -0.39 is 0 Å². The van der Waals surface area contributed by atoms with Crippen LogP contribution in [0.25, 0.3) is 0 Å². The van der Waals surface area contributed by atoms with Crippen molar-refractivity contribution in [2.75, 3.05) is 19.8 Å². The van der Waals surface area contributed by atoms with Gasteiger partial charge in [-0.2, -0.15) is 0 Å². The number of rotatable bonds is 3. The smallest absolute Gasteiger partial charge is 0.309 e. The van der Waals surface area contributed by atoms with E-state index in [-0.39, 0.29) is 11.8 Å². The third-order valence-corrected chi connectivity index (χ3v) is 3.33. The Kier molecular flexibility index (Phi) is 4.18. The van der Waals surface area contributed by atoms with Gasteiger partial charge < -0.3 is 14.2 Å². The standard InChI is InChI=1S/C13H20O4/c1-2-15-12(14)4-3-11-5-7-13(8-6-11)16-9-10-17-13/h3H,2,4-10H2,1H3. The molecule has 0 aromatic carbocycles. The average Bonchev–Trinajstić information content (AvgIpc) is 2.78. The van der Waals surface area contributed by atoms with E-state index >= 15 is 0 Å². The van der Waals surface area contributed by atoms with Gasteiger partial charge in [-0.1, -0.05) is 11.6 Å². The number of ether oxygens (including phenoxy) is 3. The number of allylic oxidation sites excluding steroid dienone is 1. The summed E-state index contributed by atoms with van der Waals surface area (Å²) in [6.07, 6.45) is 6.11. The maximum absolute atomic E-state index is 11.2. The predicted molar refractivity (Wildman–Crippen MR) is 62.4 cm³/mol. The van der Waals surface area contributed by atoms with Crippen LogP contribution in [0, 0.1) is 0 Å². The van der Waals surface area contributed by atoms with Gasteiger partial charge in [0.25, 0.3) is 0 Å². The second-order valence-electron chi connectivity index (χ2n) is 4.48. The molecule has 0 N–H and O–H groups in total. The van der Waals surface area contributed by atoms with Crippen LogP contribution >= 0.6 is 0 Å². The van der Waals surface area contributed by atoms with Crippen LogP contribution in [0.15, 0.2) is 11.6 Å². The summed E-state index contributed by atoms with van der Waals surface area (Å²) in [7, 11) is 0. The first kappa shape index (κ1) is 12.6. The fourth-order valence-electron chi connectivity index (χ4n) is 2.39. The van der Waals surface area contributed by atoms with E-state index in [1.165, 1.54) is 5.57 Å². The van der Waals surface area contributed by atoms with Crippen molar-refractivity contribution >= 4 is 5.97 Å². The van der Waals surface area contributed by atoms with Crippen molar-refractivity contribution in [1.29, 1.82) is 0 Å². The minimum atomic E-state index is -0.318. The van der Waals surface area contributed by atoms with Crippen molar-refractivity contribution < 1.29 is 19.0 Å². The molecule has 4 heteroatoms. The largest absolute Gasteiger partial charge is 0.466 e. The second-order valence-corrected chi connectivity index (χ2v) is 4.48. The quantitative estimate of drug-likeness (QED) is 0.560. The molecular formula is C13H20O4. The molecule has 2 fully saturated rings. The zero-order chi connectivity index (χ0) is 12.1. The number of carbonyl (C=O) groups is 1. The van der Waals surface area contributed by atoms with Crippen molar-refractivity contribution in [1.82, 2.24) is 0 Å². The van der Waals surface area contributed by atoms with E-state index in [0.717, 1.165) is 25.7 Å². The van der Waals surface area contributed by atoms with Crippen LogP contribution in [-0.2, 0) is 19.0 Å². The highest BCUT2D eigenvalue weighted by Crippen LogP contribution is 2.37. The summed E-state index contributed by atoms with van der Waals surface area (Å²) in [5, 5.41) is 0. The fraction of sp³-hybridized carbons (Fsp3) is 0.769.